The molecule has 1 aliphatic heterocycles. The second-order valence-corrected chi connectivity index (χ2v) is 9.85. The van der Waals surface area contributed by atoms with Crippen LogP contribution in [0.5, 0.6) is 0 Å². The van der Waals surface area contributed by atoms with Gasteiger partial charge in [0.15, 0.2) is 5.65 Å². The molecule has 1 fully saturated rings. The third-order valence-corrected chi connectivity index (χ3v) is 7.63. The molecule has 0 saturated carbocycles. The van der Waals surface area contributed by atoms with Crippen LogP contribution >= 0.6 is 0 Å². The number of rotatable bonds is 5. The lowest BCUT2D eigenvalue weighted by molar-refractivity contribution is 0.252. The van der Waals surface area contributed by atoms with Crippen molar-refractivity contribution in [3.8, 4) is 0 Å². The summed E-state index contributed by atoms with van der Waals surface area (Å²) in [5.74, 6) is 0.288. The van der Waals surface area contributed by atoms with Gasteiger partial charge >= 0.3 is 5.69 Å². The molecule has 0 unspecified atom stereocenters. The molecule has 3 heterocycles. The maximum Gasteiger partial charge on any atom is 0.330 e. The average Bonchev–Trinajstić information content (AvgIpc) is 2.95. The quantitative estimate of drug-likeness (QED) is 0.642. The Morgan fingerprint density at radius 2 is 1.79 bits per heavy atom. The highest BCUT2D eigenvalue weighted by atomic mass is 32.2. The molecule has 4 rings (SSSR count). The first-order chi connectivity index (χ1) is 13.8. The SMILES string of the molecule is Cc1ccc(CS(=O)(=O)N2CCC(Cn3c(=O)n(C)c4cccnc43)CC2)cc1. The number of piperidine rings is 1. The first kappa shape index (κ1) is 19.8. The van der Waals surface area contributed by atoms with Crippen LogP contribution in [0.25, 0.3) is 11.2 Å². The number of imidazole rings is 1. The van der Waals surface area contributed by atoms with Gasteiger partial charge in [-0.1, -0.05) is 29.8 Å². The number of aryl methyl sites for hydroxylation is 2. The Hall–Kier alpha value is -2.45. The highest BCUT2D eigenvalue weighted by Crippen LogP contribution is 2.24. The first-order valence-corrected chi connectivity index (χ1v) is 11.5. The van der Waals surface area contributed by atoms with Gasteiger partial charge in [0.05, 0.1) is 11.3 Å². The van der Waals surface area contributed by atoms with Crippen LogP contribution in [0.3, 0.4) is 0 Å². The normalized spacial score (nSPS) is 16.5. The van der Waals surface area contributed by atoms with Gasteiger partial charge in [-0.3, -0.25) is 9.13 Å². The van der Waals surface area contributed by atoms with E-state index in [9.17, 15) is 13.2 Å². The van der Waals surface area contributed by atoms with E-state index in [1.807, 2.05) is 43.3 Å². The van der Waals surface area contributed by atoms with Crippen molar-refractivity contribution in [2.45, 2.75) is 32.1 Å². The Morgan fingerprint density at radius 1 is 1.10 bits per heavy atom. The number of nitrogens with zero attached hydrogens (tertiary/aromatic N) is 4. The Labute approximate surface area is 170 Å². The van der Waals surface area contributed by atoms with E-state index in [2.05, 4.69) is 4.98 Å². The summed E-state index contributed by atoms with van der Waals surface area (Å²) in [7, 11) is -1.58. The van der Waals surface area contributed by atoms with Crippen molar-refractivity contribution in [2.75, 3.05) is 13.1 Å². The summed E-state index contributed by atoms with van der Waals surface area (Å²) in [4.78, 5) is 17.0. The maximum atomic E-state index is 12.8. The molecule has 0 aliphatic carbocycles. The molecule has 29 heavy (non-hydrogen) atoms. The molecule has 8 heteroatoms. The zero-order chi connectivity index (χ0) is 20.6. The second-order valence-electron chi connectivity index (χ2n) is 7.88. The number of hydrogen-bond donors (Lipinski definition) is 0. The van der Waals surface area contributed by atoms with E-state index in [0.717, 1.165) is 29.5 Å². The number of sulfonamides is 1. The van der Waals surface area contributed by atoms with Gasteiger partial charge in [0.25, 0.3) is 0 Å². The smallest absolute Gasteiger partial charge is 0.293 e. The van der Waals surface area contributed by atoms with E-state index in [0.29, 0.717) is 25.3 Å². The molecule has 1 aliphatic rings. The Bertz CT molecular complexity index is 1170. The summed E-state index contributed by atoms with van der Waals surface area (Å²) in [5.41, 5.74) is 3.36. The molecule has 0 N–H and O–H groups in total. The molecule has 0 radical (unpaired) electrons. The molecule has 7 nitrogen and oxygen atoms in total. The van der Waals surface area contributed by atoms with Gasteiger partial charge in [0.2, 0.25) is 10.0 Å². The number of benzene rings is 1. The van der Waals surface area contributed by atoms with Crippen molar-refractivity contribution in [3.63, 3.8) is 0 Å². The van der Waals surface area contributed by atoms with Crippen molar-refractivity contribution in [1.82, 2.24) is 18.4 Å². The topological polar surface area (TPSA) is 77.2 Å². The minimum atomic E-state index is -3.34. The molecular formula is C21H26N4O3S. The second kappa shape index (κ2) is 7.76. The van der Waals surface area contributed by atoms with E-state index in [1.165, 1.54) is 0 Å². The highest BCUT2D eigenvalue weighted by Gasteiger charge is 2.29. The van der Waals surface area contributed by atoms with Crippen LogP contribution in [-0.2, 0) is 29.4 Å². The van der Waals surface area contributed by atoms with E-state index >= 15 is 0 Å². The van der Waals surface area contributed by atoms with E-state index in [-0.39, 0.29) is 17.4 Å². The van der Waals surface area contributed by atoms with Crippen molar-refractivity contribution >= 4 is 21.2 Å². The third kappa shape index (κ3) is 4.00. The predicted molar refractivity (Wildman–Crippen MR) is 113 cm³/mol. The molecule has 1 saturated heterocycles. The van der Waals surface area contributed by atoms with Crippen LogP contribution in [0.1, 0.15) is 24.0 Å². The number of hydrogen-bond acceptors (Lipinski definition) is 4. The Balaban J connectivity index is 1.43. The zero-order valence-corrected chi connectivity index (χ0v) is 17.6. The van der Waals surface area contributed by atoms with E-state index in [4.69, 9.17) is 0 Å². The van der Waals surface area contributed by atoms with Gasteiger partial charge in [-0.15, -0.1) is 0 Å². The summed E-state index contributed by atoms with van der Waals surface area (Å²) < 4.78 is 30.5. The fourth-order valence-electron chi connectivity index (χ4n) is 4.01. The lowest BCUT2D eigenvalue weighted by atomic mass is 9.98. The van der Waals surface area contributed by atoms with Gasteiger partial charge in [0, 0.05) is 32.9 Å². The van der Waals surface area contributed by atoms with Crippen LogP contribution < -0.4 is 5.69 Å². The number of pyridine rings is 1. The Kier molecular flexibility index (Phi) is 5.31. The molecule has 154 valence electrons. The summed E-state index contributed by atoms with van der Waals surface area (Å²) in [6.07, 6.45) is 3.17. The summed E-state index contributed by atoms with van der Waals surface area (Å²) >= 11 is 0. The van der Waals surface area contributed by atoms with Crippen LogP contribution in [0.2, 0.25) is 0 Å². The predicted octanol–water partition coefficient (Wildman–Crippen LogP) is 2.29. The van der Waals surface area contributed by atoms with Crippen molar-refractivity contribution in [2.24, 2.45) is 13.0 Å². The summed E-state index contributed by atoms with van der Waals surface area (Å²) in [6, 6.07) is 11.3. The van der Waals surface area contributed by atoms with Crippen LogP contribution in [0.4, 0.5) is 0 Å². The lowest BCUT2D eigenvalue weighted by Gasteiger charge is -2.31. The number of aromatic nitrogens is 3. The lowest BCUT2D eigenvalue weighted by Crippen LogP contribution is -2.40. The van der Waals surface area contributed by atoms with Crippen molar-refractivity contribution in [3.05, 3.63) is 64.2 Å². The first-order valence-electron chi connectivity index (χ1n) is 9.89. The standard InChI is InChI=1S/C21H26N4O3S/c1-16-5-7-18(8-6-16)15-29(27,28)24-12-9-17(10-13-24)14-25-20-19(4-3-11-22-20)23(2)21(25)26/h3-8,11,17H,9-10,12-15H2,1-2H3. The third-order valence-electron chi connectivity index (χ3n) is 5.78. The minimum Gasteiger partial charge on any atom is -0.293 e. The molecule has 0 amide bonds. The molecule has 1 aromatic carbocycles. The highest BCUT2D eigenvalue weighted by molar-refractivity contribution is 7.88. The van der Waals surface area contributed by atoms with Gasteiger partial charge < -0.3 is 0 Å². The molecular weight excluding hydrogens is 388 g/mol. The minimum absolute atomic E-state index is 0.0324. The summed E-state index contributed by atoms with van der Waals surface area (Å²) in [5, 5.41) is 0. The van der Waals surface area contributed by atoms with Gasteiger partial charge in [0.1, 0.15) is 0 Å². The molecule has 0 atom stereocenters. The number of fused-ring (bicyclic) bond motifs is 1. The molecule has 0 spiro atoms. The van der Waals surface area contributed by atoms with Gasteiger partial charge in [-0.25, -0.2) is 22.5 Å². The molecule has 0 bridgehead atoms. The molecule has 2 aromatic heterocycles. The fraction of sp³-hybridized carbons (Fsp3) is 0.429. The van der Waals surface area contributed by atoms with Crippen LogP contribution in [0.15, 0.2) is 47.4 Å². The average molecular weight is 415 g/mol. The van der Waals surface area contributed by atoms with Crippen LogP contribution in [-0.4, -0.2) is 39.9 Å². The zero-order valence-electron chi connectivity index (χ0n) is 16.8. The Morgan fingerprint density at radius 3 is 2.48 bits per heavy atom. The fourth-order valence-corrected chi connectivity index (χ4v) is 5.58. The van der Waals surface area contributed by atoms with E-state index < -0.39 is 10.0 Å². The van der Waals surface area contributed by atoms with Crippen molar-refractivity contribution < 1.29 is 8.42 Å². The monoisotopic (exact) mass is 414 g/mol. The van der Waals surface area contributed by atoms with Gasteiger partial charge in [-0.2, -0.15) is 0 Å². The van der Waals surface area contributed by atoms with E-state index in [1.54, 1.807) is 26.7 Å². The van der Waals surface area contributed by atoms with Crippen molar-refractivity contribution in [1.29, 1.82) is 0 Å². The van der Waals surface area contributed by atoms with Gasteiger partial charge in [-0.05, 0) is 43.4 Å². The molecule has 3 aromatic rings. The largest absolute Gasteiger partial charge is 0.330 e. The maximum absolute atomic E-state index is 12.8. The van der Waals surface area contributed by atoms with Crippen LogP contribution in [0, 0.1) is 12.8 Å². The summed E-state index contributed by atoms with van der Waals surface area (Å²) in [6.45, 7) is 3.54.